The summed E-state index contributed by atoms with van der Waals surface area (Å²) in [6.07, 6.45) is -2.08. The number of hydrogen-bond acceptors (Lipinski definition) is 6. The van der Waals surface area contributed by atoms with E-state index in [1.807, 2.05) is 18.2 Å². The zero-order valence-electron chi connectivity index (χ0n) is 23.6. The molecule has 2 amide bonds. The van der Waals surface area contributed by atoms with Crippen LogP contribution in [0.25, 0.3) is 0 Å². The molecule has 238 valence electrons. The Labute approximate surface area is 269 Å². The zero-order chi connectivity index (χ0) is 34.0. The van der Waals surface area contributed by atoms with Gasteiger partial charge in [0.25, 0.3) is 5.91 Å². The van der Waals surface area contributed by atoms with Gasteiger partial charge in [0.2, 0.25) is 5.91 Å². The minimum absolute atomic E-state index is 0.0104. The summed E-state index contributed by atoms with van der Waals surface area (Å²) in [5.74, 6) is -4.46. The van der Waals surface area contributed by atoms with E-state index in [1.165, 1.54) is 30.3 Å². The monoisotopic (exact) mass is 676 g/mol. The Morgan fingerprint density at radius 3 is 2.30 bits per heavy atom. The molecule has 0 saturated heterocycles. The Balaban J connectivity index is 0.000000738. The number of alkyl halides is 3. The molecule has 3 aromatic carbocycles. The largest absolute Gasteiger partial charge is 0.490 e. The third kappa shape index (κ3) is 10.2. The van der Waals surface area contributed by atoms with Crippen LogP contribution in [0, 0.1) is 24.1 Å². The number of benzene rings is 3. The Hall–Kier alpha value is -5.19. The number of carboxylic acids is 1. The number of nitrogens with zero attached hydrogens (tertiary/aromatic N) is 2. The second-order valence-corrected chi connectivity index (χ2v) is 10.2. The summed E-state index contributed by atoms with van der Waals surface area (Å²) in [5, 5.41) is 22.1. The second kappa shape index (κ2) is 15.7. The lowest BCUT2D eigenvalue weighted by molar-refractivity contribution is -0.192. The topological polar surface area (TPSA) is 141 Å². The maximum atomic E-state index is 15.3. The van der Waals surface area contributed by atoms with E-state index >= 15 is 4.39 Å². The van der Waals surface area contributed by atoms with Crippen molar-refractivity contribution >= 4 is 46.7 Å². The minimum Gasteiger partial charge on any atom is -0.475 e. The summed E-state index contributed by atoms with van der Waals surface area (Å²) < 4.78 is 52.6. The van der Waals surface area contributed by atoms with Crippen LogP contribution >= 0.6 is 23.2 Å². The van der Waals surface area contributed by atoms with E-state index in [0.29, 0.717) is 23.4 Å². The molecule has 0 radical (unpaired) electrons. The number of rotatable bonds is 8. The Bertz CT molecular complexity index is 1800. The number of ether oxygens (including phenoxy) is 1. The van der Waals surface area contributed by atoms with Crippen molar-refractivity contribution in [3.05, 3.63) is 117 Å². The summed E-state index contributed by atoms with van der Waals surface area (Å²) in [6.45, 7) is 2.11. The lowest BCUT2D eigenvalue weighted by Crippen LogP contribution is -2.23. The first kappa shape index (κ1) is 35.3. The van der Waals surface area contributed by atoms with Crippen LogP contribution in [0.4, 0.5) is 23.2 Å². The van der Waals surface area contributed by atoms with E-state index < -0.39 is 23.9 Å². The van der Waals surface area contributed by atoms with Gasteiger partial charge in [-0.3, -0.25) is 14.6 Å². The molecule has 0 spiro atoms. The average molecular weight is 677 g/mol. The van der Waals surface area contributed by atoms with Gasteiger partial charge in [-0.1, -0.05) is 29.3 Å². The number of aryl methyl sites for hydroxylation is 1. The summed E-state index contributed by atoms with van der Waals surface area (Å²) in [5.41, 5.74) is 2.79. The molecule has 3 N–H and O–H groups in total. The first-order chi connectivity index (χ1) is 21.7. The van der Waals surface area contributed by atoms with E-state index in [0.717, 1.165) is 5.56 Å². The van der Waals surface area contributed by atoms with Gasteiger partial charge in [0.1, 0.15) is 5.75 Å². The molecule has 0 aliphatic carbocycles. The Kier molecular flexibility index (Phi) is 12.0. The molecule has 4 rings (SSSR count). The van der Waals surface area contributed by atoms with Gasteiger partial charge >= 0.3 is 12.1 Å². The average Bonchev–Trinajstić information content (AvgIpc) is 3.00. The van der Waals surface area contributed by atoms with Crippen LogP contribution in [0.1, 0.15) is 32.6 Å². The number of aliphatic carboxylic acids is 1. The van der Waals surface area contributed by atoms with Gasteiger partial charge in [-0.05, 0) is 72.6 Å². The van der Waals surface area contributed by atoms with E-state index in [9.17, 15) is 22.8 Å². The van der Waals surface area contributed by atoms with Crippen molar-refractivity contribution in [3.63, 3.8) is 0 Å². The maximum Gasteiger partial charge on any atom is 0.490 e. The quantitative estimate of drug-likeness (QED) is 0.167. The molecule has 0 unspecified atom stereocenters. The fraction of sp³-hybridized carbons (Fsp3) is 0.129. The predicted molar refractivity (Wildman–Crippen MR) is 160 cm³/mol. The molecule has 0 saturated carbocycles. The van der Waals surface area contributed by atoms with Crippen LogP contribution in [0.2, 0.25) is 10.0 Å². The number of carbonyl (C=O) groups excluding carboxylic acids is 2. The normalized spacial score (nSPS) is 10.6. The van der Waals surface area contributed by atoms with E-state index in [1.54, 1.807) is 37.5 Å². The van der Waals surface area contributed by atoms with Gasteiger partial charge in [0.15, 0.2) is 11.6 Å². The van der Waals surface area contributed by atoms with Crippen molar-refractivity contribution in [1.82, 2.24) is 10.3 Å². The minimum atomic E-state index is -5.08. The SMILES string of the molecule is Cc1cc(C(=O)NCc2ccncc2)ccc1NC(=O)Cc1ccc(Cl)c(Oc2cc(Cl)cc(C#N)c2)c1F.O=C(O)C(F)(F)F. The number of anilines is 1. The smallest absolute Gasteiger partial charge is 0.475 e. The second-order valence-electron chi connectivity index (χ2n) is 9.33. The molecule has 0 aliphatic heterocycles. The molecular weight excluding hydrogens is 655 g/mol. The third-order valence-electron chi connectivity index (χ3n) is 5.91. The molecule has 0 atom stereocenters. The number of aromatic nitrogens is 1. The molecule has 15 heteroatoms. The predicted octanol–water partition coefficient (Wildman–Crippen LogP) is 7.24. The van der Waals surface area contributed by atoms with Crippen molar-refractivity contribution in [2.24, 2.45) is 0 Å². The van der Waals surface area contributed by atoms with Gasteiger partial charge in [-0.25, -0.2) is 9.18 Å². The van der Waals surface area contributed by atoms with Gasteiger partial charge in [-0.2, -0.15) is 18.4 Å². The fourth-order valence-electron chi connectivity index (χ4n) is 3.70. The van der Waals surface area contributed by atoms with Crippen molar-refractivity contribution in [3.8, 4) is 17.6 Å². The van der Waals surface area contributed by atoms with Gasteiger partial charge in [-0.15, -0.1) is 0 Å². The lowest BCUT2D eigenvalue weighted by atomic mass is 10.1. The Morgan fingerprint density at radius 2 is 1.70 bits per heavy atom. The number of amides is 2. The summed E-state index contributed by atoms with van der Waals surface area (Å²) in [6, 6.07) is 17.5. The van der Waals surface area contributed by atoms with Crippen molar-refractivity contribution in [2.45, 2.75) is 26.1 Å². The highest BCUT2D eigenvalue weighted by molar-refractivity contribution is 6.32. The van der Waals surface area contributed by atoms with E-state index in [-0.39, 0.29) is 45.0 Å². The molecule has 1 aromatic heterocycles. The molecule has 0 fully saturated rings. The summed E-state index contributed by atoms with van der Waals surface area (Å²) in [4.78, 5) is 38.1. The van der Waals surface area contributed by atoms with Crippen LogP contribution in [-0.2, 0) is 22.6 Å². The first-order valence-electron chi connectivity index (χ1n) is 12.9. The number of halogens is 6. The summed E-state index contributed by atoms with van der Waals surface area (Å²) >= 11 is 12.1. The highest BCUT2D eigenvalue weighted by atomic mass is 35.5. The van der Waals surface area contributed by atoms with E-state index in [2.05, 4.69) is 15.6 Å². The van der Waals surface area contributed by atoms with Crippen LogP contribution < -0.4 is 15.4 Å². The van der Waals surface area contributed by atoms with Crippen LogP contribution in [0.3, 0.4) is 0 Å². The molecule has 4 aromatic rings. The molecule has 9 nitrogen and oxygen atoms in total. The van der Waals surface area contributed by atoms with E-state index in [4.69, 9.17) is 43.1 Å². The van der Waals surface area contributed by atoms with Crippen LogP contribution in [0.5, 0.6) is 11.5 Å². The Morgan fingerprint density at radius 1 is 1.02 bits per heavy atom. The van der Waals surface area contributed by atoms with Crippen molar-refractivity contribution in [2.75, 3.05) is 5.32 Å². The molecule has 0 aliphatic rings. The van der Waals surface area contributed by atoms with Crippen molar-refractivity contribution in [1.29, 1.82) is 5.26 Å². The number of hydrogen-bond donors (Lipinski definition) is 3. The molecule has 0 bridgehead atoms. The molecule has 46 heavy (non-hydrogen) atoms. The number of nitriles is 1. The third-order valence-corrected chi connectivity index (χ3v) is 6.42. The fourth-order valence-corrected chi connectivity index (χ4v) is 4.11. The van der Waals surface area contributed by atoms with Crippen molar-refractivity contribution < 1.29 is 41.8 Å². The number of carbonyl (C=O) groups is 3. The molecular formula is C31H22Cl2F4N4O5. The van der Waals surface area contributed by atoms with Gasteiger partial charge in [0.05, 0.1) is 23.1 Å². The highest BCUT2D eigenvalue weighted by Gasteiger charge is 2.38. The first-order valence-corrected chi connectivity index (χ1v) is 13.7. The van der Waals surface area contributed by atoms with Crippen LogP contribution in [0.15, 0.2) is 73.1 Å². The zero-order valence-corrected chi connectivity index (χ0v) is 25.1. The summed E-state index contributed by atoms with van der Waals surface area (Å²) in [7, 11) is 0. The highest BCUT2D eigenvalue weighted by Crippen LogP contribution is 2.35. The lowest BCUT2D eigenvalue weighted by Gasteiger charge is -2.13. The standard InChI is InChI=1S/C29H21Cl2FN4O3.C2HF3O2/c1-17-10-21(29(38)35-16-18-6-8-34-9-7-18)3-5-25(17)36-26(37)13-20-2-4-24(31)28(27(20)32)39-23-12-19(15-33)11-22(30)14-23;3-2(4,5)1(6)7/h2-12,14H,13,16H2,1H3,(H,35,38)(H,36,37);(H,6,7). The number of carboxylic acid groups (broad SMARTS) is 1. The van der Waals surface area contributed by atoms with Gasteiger partial charge < -0.3 is 20.5 Å². The number of pyridine rings is 1. The van der Waals surface area contributed by atoms with Crippen LogP contribution in [-0.4, -0.2) is 34.1 Å². The molecule has 1 heterocycles. The maximum absolute atomic E-state index is 15.3. The number of nitrogens with one attached hydrogen (secondary N) is 2. The van der Waals surface area contributed by atoms with Gasteiger partial charge in [0, 0.05) is 40.8 Å².